The number of benzene rings is 1. The normalized spacial score (nSPS) is 15.1. The number of esters is 1. The predicted octanol–water partition coefficient (Wildman–Crippen LogP) is 2.44. The molecule has 0 atom stereocenters. The fourth-order valence-electron chi connectivity index (χ4n) is 2.55. The minimum atomic E-state index is -0.326. The van der Waals surface area contributed by atoms with Gasteiger partial charge in [0.05, 0.1) is 43.0 Å². The Morgan fingerprint density at radius 1 is 1.36 bits per heavy atom. The van der Waals surface area contributed by atoms with Crippen LogP contribution in [0.2, 0.25) is 5.02 Å². The van der Waals surface area contributed by atoms with Crippen LogP contribution >= 0.6 is 11.6 Å². The Hall–Kier alpha value is -1.85. The lowest BCUT2D eigenvalue weighted by Crippen LogP contribution is -2.36. The lowest BCUT2D eigenvalue weighted by atomic mass is 10.1. The number of hydrogen-bond donors (Lipinski definition) is 0. The van der Waals surface area contributed by atoms with Crippen molar-refractivity contribution in [1.29, 1.82) is 0 Å². The highest BCUT2D eigenvalue weighted by molar-refractivity contribution is 6.35. The van der Waals surface area contributed by atoms with Crippen molar-refractivity contribution < 1.29 is 14.3 Å². The second-order valence-electron chi connectivity index (χ2n) is 5.15. The number of ether oxygens (including phenoxy) is 2. The first-order valence-corrected chi connectivity index (χ1v) is 7.54. The van der Waals surface area contributed by atoms with Gasteiger partial charge in [0, 0.05) is 24.2 Å². The molecule has 3 rings (SSSR count). The number of methoxy groups -OCH3 is 1. The number of carbonyl (C=O) groups is 1. The monoisotopic (exact) mass is 320 g/mol. The highest BCUT2D eigenvalue weighted by Gasteiger charge is 2.14. The fourth-order valence-corrected chi connectivity index (χ4v) is 2.83. The molecule has 116 valence electrons. The summed E-state index contributed by atoms with van der Waals surface area (Å²) >= 11 is 6.36. The molecule has 6 heteroatoms. The number of morpholine rings is 1. The van der Waals surface area contributed by atoms with Gasteiger partial charge >= 0.3 is 5.97 Å². The summed E-state index contributed by atoms with van der Waals surface area (Å²) in [6.45, 7) is 3.22. The highest BCUT2D eigenvalue weighted by atomic mass is 35.5. The average molecular weight is 321 g/mol. The Kier molecular flexibility index (Phi) is 4.45. The van der Waals surface area contributed by atoms with E-state index in [1.807, 2.05) is 18.2 Å². The van der Waals surface area contributed by atoms with Crippen LogP contribution < -0.4 is 4.90 Å². The van der Waals surface area contributed by atoms with Gasteiger partial charge in [-0.3, -0.25) is 9.78 Å². The highest BCUT2D eigenvalue weighted by Crippen LogP contribution is 2.28. The van der Waals surface area contributed by atoms with Crippen LogP contribution in [-0.2, 0) is 20.7 Å². The van der Waals surface area contributed by atoms with Gasteiger partial charge in [-0.05, 0) is 24.3 Å². The molecule has 0 spiro atoms. The molecule has 1 saturated heterocycles. The summed E-state index contributed by atoms with van der Waals surface area (Å²) in [5.74, 6) is -0.326. The molecule has 0 bridgehead atoms. The van der Waals surface area contributed by atoms with Crippen molar-refractivity contribution in [3.05, 3.63) is 35.0 Å². The van der Waals surface area contributed by atoms with Crippen molar-refractivity contribution in [1.82, 2.24) is 4.98 Å². The molecule has 0 aliphatic carbocycles. The average Bonchev–Trinajstić information content (AvgIpc) is 2.55. The summed E-state index contributed by atoms with van der Waals surface area (Å²) in [4.78, 5) is 18.1. The van der Waals surface area contributed by atoms with Gasteiger partial charge < -0.3 is 14.4 Å². The van der Waals surface area contributed by atoms with Crippen molar-refractivity contribution >= 4 is 34.2 Å². The smallest absolute Gasteiger partial charge is 0.311 e. The largest absolute Gasteiger partial charge is 0.469 e. The van der Waals surface area contributed by atoms with Gasteiger partial charge in [0.1, 0.15) is 0 Å². The quantitative estimate of drug-likeness (QED) is 0.813. The van der Waals surface area contributed by atoms with Gasteiger partial charge in [-0.2, -0.15) is 0 Å². The first-order chi connectivity index (χ1) is 10.7. The molecule has 2 aromatic rings. The lowest BCUT2D eigenvalue weighted by Gasteiger charge is -2.29. The van der Waals surface area contributed by atoms with Crippen molar-refractivity contribution in [2.45, 2.75) is 6.42 Å². The summed E-state index contributed by atoms with van der Waals surface area (Å²) in [7, 11) is 1.36. The van der Waals surface area contributed by atoms with Gasteiger partial charge in [-0.1, -0.05) is 11.6 Å². The maximum Gasteiger partial charge on any atom is 0.311 e. The first-order valence-electron chi connectivity index (χ1n) is 7.16. The minimum absolute atomic E-state index is 0.122. The van der Waals surface area contributed by atoms with E-state index in [0.717, 1.165) is 42.9 Å². The number of hydrogen-bond acceptors (Lipinski definition) is 5. The zero-order chi connectivity index (χ0) is 15.5. The van der Waals surface area contributed by atoms with E-state index in [9.17, 15) is 4.79 Å². The zero-order valence-electron chi connectivity index (χ0n) is 12.3. The van der Waals surface area contributed by atoms with E-state index in [0.29, 0.717) is 10.7 Å². The third-order valence-electron chi connectivity index (χ3n) is 3.72. The number of nitrogens with zero attached hydrogens (tertiary/aromatic N) is 2. The number of halogens is 1. The van der Waals surface area contributed by atoms with Crippen LogP contribution in [0.5, 0.6) is 0 Å². The molecule has 1 aliphatic heterocycles. The first kappa shape index (κ1) is 15.1. The topological polar surface area (TPSA) is 51.7 Å². The van der Waals surface area contributed by atoms with Gasteiger partial charge in [0.15, 0.2) is 0 Å². The molecule has 2 heterocycles. The van der Waals surface area contributed by atoms with E-state index in [4.69, 9.17) is 16.3 Å². The van der Waals surface area contributed by atoms with E-state index in [-0.39, 0.29) is 12.4 Å². The maximum atomic E-state index is 11.4. The van der Waals surface area contributed by atoms with Gasteiger partial charge in [0.25, 0.3) is 0 Å². The molecule has 0 saturated carbocycles. The van der Waals surface area contributed by atoms with Crippen molar-refractivity contribution in [3.8, 4) is 0 Å². The molecule has 22 heavy (non-hydrogen) atoms. The molecule has 5 nitrogen and oxygen atoms in total. The van der Waals surface area contributed by atoms with Crippen LogP contribution in [0.25, 0.3) is 10.9 Å². The van der Waals surface area contributed by atoms with Gasteiger partial charge in [0.2, 0.25) is 0 Å². The van der Waals surface area contributed by atoms with E-state index < -0.39 is 0 Å². The summed E-state index contributed by atoms with van der Waals surface area (Å²) in [6.07, 6.45) is 0.122. The van der Waals surface area contributed by atoms with Crippen LogP contribution in [0.15, 0.2) is 24.3 Å². The van der Waals surface area contributed by atoms with E-state index >= 15 is 0 Å². The summed E-state index contributed by atoms with van der Waals surface area (Å²) in [6, 6.07) is 7.73. The SMILES string of the molecule is COC(=O)Cc1cc(Cl)c2cc(N3CCOCC3)ccc2n1. The maximum absolute atomic E-state index is 11.4. The number of rotatable bonds is 3. The van der Waals surface area contributed by atoms with Gasteiger partial charge in [-0.15, -0.1) is 0 Å². The second kappa shape index (κ2) is 6.50. The molecule has 0 unspecified atom stereocenters. The molecule has 1 aromatic carbocycles. The number of anilines is 1. The Balaban J connectivity index is 1.93. The second-order valence-corrected chi connectivity index (χ2v) is 5.56. The standard InChI is InChI=1S/C16H17ClN2O3/c1-21-16(20)9-11-8-14(17)13-10-12(2-3-15(13)18-11)19-4-6-22-7-5-19/h2-3,8,10H,4-7,9H2,1H3. The van der Waals surface area contributed by atoms with Crippen LogP contribution in [0, 0.1) is 0 Å². The number of pyridine rings is 1. The number of aromatic nitrogens is 1. The summed E-state index contributed by atoms with van der Waals surface area (Å²) in [5.41, 5.74) is 2.51. The van der Waals surface area contributed by atoms with Crippen LogP contribution in [0.4, 0.5) is 5.69 Å². The lowest BCUT2D eigenvalue weighted by molar-refractivity contribution is -0.139. The molecule has 0 N–H and O–H groups in total. The molecular weight excluding hydrogens is 304 g/mol. The van der Waals surface area contributed by atoms with Crippen molar-refractivity contribution in [2.75, 3.05) is 38.3 Å². The van der Waals surface area contributed by atoms with Gasteiger partial charge in [-0.25, -0.2) is 0 Å². The van der Waals surface area contributed by atoms with E-state index in [1.165, 1.54) is 7.11 Å². The van der Waals surface area contributed by atoms with Crippen molar-refractivity contribution in [2.24, 2.45) is 0 Å². The Labute approximate surface area is 133 Å². The van der Waals surface area contributed by atoms with Crippen LogP contribution in [-0.4, -0.2) is 44.4 Å². The third-order valence-corrected chi connectivity index (χ3v) is 4.04. The van der Waals surface area contributed by atoms with Crippen LogP contribution in [0.3, 0.4) is 0 Å². The third kappa shape index (κ3) is 3.15. The number of fused-ring (bicyclic) bond motifs is 1. The molecule has 1 aliphatic rings. The van der Waals surface area contributed by atoms with Crippen molar-refractivity contribution in [3.63, 3.8) is 0 Å². The zero-order valence-corrected chi connectivity index (χ0v) is 13.1. The van der Waals surface area contributed by atoms with E-state index in [2.05, 4.69) is 14.6 Å². The predicted molar refractivity (Wildman–Crippen MR) is 85.5 cm³/mol. The Morgan fingerprint density at radius 2 is 2.14 bits per heavy atom. The summed E-state index contributed by atoms with van der Waals surface area (Å²) < 4.78 is 10.0. The Bertz CT molecular complexity index is 699. The molecule has 1 aromatic heterocycles. The molecular formula is C16H17ClN2O3. The number of carbonyl (C=O) groups excluding carboxylic acids is 1. The fraction of sp³-hybridized carbons (Fsp3) is 0.375. The van der Waals surface area contributed by atoms with Crippen LogP contribution in [0.1, 0.15) is 5.69 Å². The van der Waals surface area contributed by atoms with E-state index in [1.54, 1.807) is 6.07 Å². The minimum Gasteiger partial charge on any atom is -0.469 e. The Morgan fingerprint density at radius 3 is 2.86 bits per heavy atom. The molecule has 0 amide bonds. The molecule has 0 radical (unpaired) electrons. The molecule has 1 fully saturated rings. The summed E-state index contributed by atoms with van der Waals surface area (Å²) in [5, 5.41) is 1.48.